The molecular formula is C22H24ClN9O4. The van der Waals surface area contributed by atoms with E-state index in [4.69, 9.17) is 11.6 Å². The Bertz CT molecular complexity index is 1570. The van der Waals surface area contributed by atoms with Gasteiger partial charge in [-0.15, -0.1) is 10.2 Å². The fourth-order valence-corrected chi connectivity index (χ4v) is 5.11. The zero-order valence-corrected chi connectivity index (χ0v) is 20.4. The minimum absolute atomic E-state index is 0.212. The Balaban J connectivity index is 1.85. The number of fused-ring (bicyclic) bond motifs is 1. The summed E-state index contributed by atoms with van der Waals surface area (Å²) in [4.78, 5) is 39.8. The molecule has 1 aliphatic rings. The van der Waals surface area contributed by atoms with E-state index in [-0.39, 0.29) is 23.9 Å². The number of anilines is 1. The summed E-state index contributed by atoms with van der Waals surface area (Å²) in [5.41, 5.74) is 0.891. The first-order valence-electron chi connectivity index (χ1n) is 11.3. The lowest BCUT2D eigenvalue weighted by Crippen LogP contribution is -2.48. The minimum atomic E-state index is -1.10. The number of benzene rings is 1. The van der Waals surface area contributed by atoms with Crippen molar-refractivity contribution in [2.75, 3.05) is 18.0 Å². The molecule has 1 fully saturated rings. The van der Waals surface area contributed by atoms with Crippen LogP contribution in [0, 0.1) is 0 Å². The highest BCUT2D eigenvalue weighted by molar-refractivity contribution is 6.31. The van der Waals surface area contributed by atoms with Crippen LogP contribution in [0.3, 0.4) is 0 Å². The SMILES string of the molecule is Cn1c(=O)c2c(c(-c3nn[nH]n3)c(N3CCC[C@@H](NC(=O)O)C3)n2Cc2ccccc2Cl)n(C)c1=O. The Morgan fingerprint density at radius 1 is 1.22 bits per heavy atom. The molecule has 3 aromatic heterocycles. The third-order valence-corrected chi connectivity index (χ3v) is 6.90. The van der Waals surface area contributed by atoms with Crippen LogP contribution in [0.15, 0.2) is 33.9 Å². The lowest BCUT2D eigenvalue weighted by molar-refractivity contribution is 0.188. The van der Waals surface area contributed by atoms with Crippen molar-refractivity contribution in [2.45, 2.75) is 25.4 Å². The van der Waals surface area contributed by atoms with Crippen LogP contribution in [0.5, 0.6) is 0 Å². The molecule has 1 aliphatic heterocycles. The molecule has 188 valence electrons. The molecule has 3 N–H and O–H groups in total. The molecule has 0 unspecified atom stereocenters. The van der Waals surface area contributed by atoms with Gasteiger partial charge < -0.3 is 19.9 Å². The molecule has 14 heteroatoms. The van der Waals surface area contributed by atoms with Gasteiger partial charge in [-0.2, -0.15) is 5.21 Å². The summed E-state index contributed by atoms with van der Waals surface area (Å²) >= 11 is 6.50. The second-order valence-electron chi connectivity index (χ2n) is 8.75. The third kappa shape index (κ3) is 3.90. The zero-order chi connectivity index (χ0) is 25.6. The van der Waals surface area contributed by atoms with Gasteiger partial charge in [0.25, 0.3) is 5.56 Å². The first-order chi connectivity index (χ1) is 17.3. The number of tetrazole rings is 1. The Hall–Kier alpha value is -4.13. The average molecular weight is 514 g/mol. The van der Waals surface area contributed by atoms with Crippen LogP contribution in [0.25, 0.3) is 22.4 Å². The second-order valence-corrected chi connectivity index (χ2v) is 9.16. The average Bonchev–Trinajstić information content (AvgIpc) is 3.49. The summed E-state index contributed by atoms with van der Waals surface area (Å²) in [7, 11) is 3.01. The van der Waals surface area contributed by atoms with Crippen LogP contribution in [0.2, 0.25) is 5.02 Å². The van der Waals surface area contributed by atoms with Crippen LogP contribution in [-0.4, -0.2) is 64.7 Å². The van der Waals surface area contributed by atoms with Gasteiger partial charge in [-0.3, -0.25) is 13.9 Å². The highest BCUT2D eigenvalue weighted by atomic mass is 35.5. The largest absolute Gasteiger partial charge is 0.465 e. The topological polar surface area (TPSA) is 156 Å². The predicted molar refractivity (Wildman–Crippen MR) is 133 cm³/mol. The quantitative estimate of drug-likeness (QED) is 0.359. The van der Waals surface area contributed by atoms with Crippen LogP contribution in [0.4, 0.5) is 10.6 Å². The number of amides is 1. The number of nitrogens with one attached hydrogen (secondary N) is 2. The summed E-state index contributed by atoms with van der Waals surface area (Å²) in [6, 6.07) is 6.98. The second kappa shape index (κ2) is 9.15. The summed E-state index contributed by atoms with van der Waals surface area (Å²) in [6.45, 7) is 1.17. The highest BCUT2D eigenvalue weighted by Crippen LogP contribution is 2.39. The number of carboxylic acid groups (broad SMARTS) is 1. The first-order valence-corrected chi connectivity index (χ1v) is 11.7. The van der Waals surface area contributed by atoms with Crippen LogP contribution in [-0.2, 0) is 20.6 Å². The Kier molecular flexibility index (Phi) is 6.00. The summed E-state index contributed by atoms with van der Waals surface area (Å²) in [6.07, 6.45) is 0.278. The van der Waals surface area contributed by atoms with Crippen molar-refractivity contribution in [2.24, 2.45) is 14.1 Å². The van der Waals surface area contributed by atoms with Crippen molar-refractivity contribution in [3.8, 4) is 11.4 Å². The Morgan fingerprint density at radius 3 is 2.69 bits per heavy atom. The Morgan fingerprint density at radius 2 is 2.00 bits per heavy atom. The van der Waals surface area contributed by atoms with E-state index in [0.717, 1.165) is 10.1 Å². The summed E-state index contributed by atoms with van der Waals surface area (Å²) < 4.78 is 4.26. The van der Waals surface area contributed by atoms with Crippen LogP contribution in [0.1, 0.15) is 18.4 Å². The first kappa shape index (κ1) is 23.6. The van der Waals surface area contributed by atoms with Gasteiger partial charge in [0.05, 0.1) is 17.6 Å². The Labute approximate surface area is 208 Å². The number of piperidine rings is 1. The molecule has 4 aromatic rings. The maximum atomic E-state index is 13.5. The van der Waals surface area contributed by atoms with Crippen molar-refractivity contribution < 1.29 is 9.90 Å². The molecule has 36 heavy (non-hydrogen) atoms. The van der Waals surface area contributed by atoms with E-state index < -0.39 is 17.3 Å². The van der Waals surface area contributed by atoms with Crippen molar-refractivity contribution in [3.05, 3.63) is 55.7 Å². The van der Waals surface area contributed by atoms with Gasteiger partial charge in [-0.1, -0.05) is 29.8 Å². The summed E-state index contributed by atoms with van der Waals surface area (Å²) in [5.74, 6) is 0.797. The number of carbonyl (C=O) groups is 1. The van der Waals surface area contributed by atoms with Gasteiger partial charge in [0, 0.05) is 38.2 Å². The van der Waals surface area contributed by atoms with Crippen LogP contribution >= 0.6 is 11.6 Å². The lowest BCUT2D eigenvalue weighted by atomic mass is 10.1. The van der Waals surface area contributed by atoms with Crippen molar-refractivity contribution in [3.63, 3.8) is 0 Å². The number of aryl methyl sites for hydroxylation is 1. The number of halogens is 1. The molecule has 5 rings (SSSR count). The molecule has 0 saturated carbocycles. The molecule has 0 bridgehead atoms. The number of hydrogen-bond acceptors (Lipinski definition) is 7. The molecule has 0 aliphatic carbocycles. The minimum Gasteiger partial charge on any atom is -0.465 e. The molecule has 1 amide bonds. The highest BCUT2D eigenvalue weighted by Gasteiger charge is 2.33. The number of nitrogens with zero attached hydrogens (tertiary/aromatic N) is 7. The predicted octanol–water partition coefficient (Wildman–Crippen LogP) is 1.16. The van der Waals surface area contributed by atoms with E-state index in [9.17, 15) is 19.5 Å². The molecule has 0 radical (unpaired) electrons. The number of rotatable bonds is 5. The summed E-state index contributed by atoms with van der Waals surface area (Å²) in [5, 5.41) is 26.9. The number of hydrogen-bond donors (Lipinski definition) is 3. The van der Waals surface area contributed by atoms with E-state index >= 15 is 0 Å². The van der Waals surface area contributed by atoms with Crippen LogP contribution < -0.4 is 21.5 Å². The molecule has 1 atom stereocenters. The maximum absolute atomic E-state index is 13.5. The monoisotopic (exact) mass is 513 g/mol. The molecular weight excluding hydrogens is 490 g/mol. The number of aromatic amines is 1. The number of H-pyrrole nitrogens is 1. The van der Waals surface area contributed by atoms with E-state index in [1.807, 2.05) is 27.7 Å². The van der Waals surface area contributed by atoms with Crippen molar-refractivity contribution in [1.82, 2.24) is 39.6 Å². The van der Waals surface area contributed by atoms with E-state index in [2.05, 4.69) is 25.9 Å². The van der Waals surface area contributed by atoms with Gasteiger partial charge in [-0.05, 0) is 29.7 Å². The van der Waals surface area contributed by atoms with E-state index in [1.165, 1.54) is 11.6 Å². The maximum Gasteiger partial charge on any atom is 0.404 e. The number of aromatic nitrogens is 7. The van der Waals surface area contributed by atoms with Gasteiger partial charge in [0.2, 0.25) is 5.82 Å². The van der Waals surface area contributed by atoms with Gasteiger partial charge >= 0.3 is 11.8 Å². The van der Waals surface area contributed by atoms with Gasteiger partial charge in [0.15, 0.2) is 0 Å². The molecule has 13 nitrogen and oxygen atoms in total. The van der Waals surface area contributed by atoms with E-state index in [0.29, 0.717) is 47.9 Å². The lowest BCUT2D eigenvalue weighted by Gasteiger charge is -2.35. The normalized spacial score (nSPS) is 16.0. The van der Waals surface area contributed by atoms with Crippen molar-refractivity contribution >= 4 is 34.5 Å². The molecule has 0 spiro atoms. The fraction of sp³-hybridized carbons (Fsp3) is 0.364. The zero-order valence-electron chi connectivity index (χ0n) is 19.6. The molecule has 1 aromatic carbocycles. The third-order valence-electron chi connectivity index (χ3n) is 6.53. The molecule has 1 saturated heterocycles. The smallest absolute Gasteiger partial charge is 0.404 e. The van der Waals surface area contributed by atoms with Gasteiger partial charge in [-0.25, -0.2) is 9.59 Å². The molecule has 4 heterocycles. The van der Waals surface area contributed by atoms with Gasteiger partial charge in [0.1, 0.15) is 11.3 Å². The fourth-order valence-electron chi connectivity index (χ4n) is 4.92. The standard InChI is InChI=1S/C22H24ClN9O4/c1-29-16-15(18-25-27-28-26-18)19(31-9-5-7-13(11-31)24-21(34)35)32(10-12-6-3-4-8-14(12)23)17(16)20(33)30(2)22(29)36/h3-4,6,8,13,24H,5,7,9-11H2,1-2H3,(H,34,35)(H,25,26,27,28)/t13-/m1/s1. The van der Waals surface area contributed by atoms with E-state index in [1.54, 1.807) is 13.1 Å². The van der Waals surface area contributed by atoms with Crippen molar-refractivity contribution in [1.29, 1.82) is 0 Å².